The molecule has 2 saturated carbocycles. The Morgan fingerprint density at radius 3 is 2.70 bits per heavy atom. The molecule has 5 rings (SSSR count). The van der Waals surface area contributed by atoms with Crippen molar-refractivity contribution in [3.8, 4) is 5.88 Å². The molecule has 3 aromatic rings. The SMILES string of the molecule is O=c1[nH]c(O)c(C=c2cnn3c(=NC4CC4)cc(NC4CCC(F)(F)CC4)nc23)[nH]1. The molecule has 11 heteroatoms. The Hall–Kier alpha value is -3.24. The third kappa shape index (κ3) is 3.79. The minimum atomic E-state index is -2.59. The predicted octanol–water partition coefficient (Wildman–Crippen LogP) is 1.05. The molecule has 4 N–H and O–H groups in total. The van der Waals surface area contributed by atoms with Gasteiger partial charge in [-0.15, -0.1) is 0 Å². The first kappa shape index (κ1) is 18.8. The fourth-order valence-corrected chi connectivity index (χ4v) is 3.66. The summed E-state index contributed by atoms with van der Waals surface area (Å²) in [5.41, 5.74) is 0.800. The molecule has 2 aliphatic rings. The van der Waals surface area contributed by atoms with Crippen LogP contribution in [-0.4, -0.2) is 47.7 Å². The van der Waals surface area contributed by atoms with Gasteiger partial charge in [-0.1, -0.05) is 0 Å². The fraction of sp³-hybridized carbons (Fsp3) is 0.474. The van der Waals surface area contributed by atoms with Crippen LogP contribution in [0.1, 0.15) is 44.2 Å². The second-order valence-electron chi connectivity index (χ2n) is 7.96. The summed E-state index contributed by atoms with van der Waals surface area (Å²) in [6.07, 6.45) is 5.62. The lowest BCUT2D eigenvalue weighted by molar-refractivity contribution is -0.0361. The van der Waals surface area contributed by atoms with Crippen LogP contribution in [0.5, 0.6) is 5.88 Å². The molecule has 3 heterocycles. The lowest BCUT2D eigenvalue weighted by Crippen LogP contribution is -2.33. The number of aromatic amines is 2. The van der Waals surface area contributed by atoms with Crippen molar-refractivity contribution in [2.75, 3.05) is 5.32 Å². The van der Waals surface area contributed by atoms with Gasteiger partial charge >= 0.3 is 5.69 Å². The van der Waals surface area contributed by atoms with Gasteiger partial charge in [0.25, 0.3) is 0 Å². The molecular weight excluding hydrogens is 396 g/mol. The van der Waals surface area contributed by atoms with Crippen molar-refractivity contribution in [2.24, 2.45) is 4.99 Å². The minimum absolute atomic E-state index is 0.0891. The highest BCUT2D eigenvalue weighted by Crippen LogP contribution is 2.34. The molecule has 0 amide bonds. The lowest BCUT2D eigenvalue weighted by atomic mass is 9.92. The van der Waals surface area contributed by atoms with Crippen molar-refractivity contribution in [2.45, 2.75) is 56.5 Å². The van der Waals surface area contributed by atoms with Gasteiger partial charge < -0.3 is 15.4 Å². The van der Waals surface area contributed by atoms with Crippen LogP contribution in [-0.2, 0) is 0 Å². The predicted molar refractivity (Wildman–Crippen MR) is 104 cm³/mol. The Bertz CT molecular complexity index is 1260. The van der Waals surface area contributed by atoms with E-state index in [2.05, 4.69) is 25.4 Å². The molecular formula is C19H21F2N7O2. The summed E-state index contributed by atoms with van der Waals surface area (Å²) < 4.78 is 28.5. The van der Waals surface area contributed by atoms with E-state index in [0.29, 0.717) is 35.0 Å². The van der Waals surface area contributed by atoms with E-state index in [1.807, 2.05) is 0 Å². The van der Waals surface area contributed by atoms with Gasteiger partial charge in [-0.05, 0) is 31.8 Å². The number of rotatable bonds is 4. The zero-order valence-electron chi connectivity index (χ0n) is 16.0. The number of imidazole rings is 1. The fourth-order valence-electron chi connectivity index (χ4n) is 3.66. The first-order valence-corrected chi connectivity index (χ1v) is 9.96. The summed E-state index contributed by atoms with van der Waals surface area (Å²) in [6.45, 7) is 0. The van der Waals surface area contributed by atoms with Crippen LogP contribution in [0.2, 0.25) is 0 Å². The maximum atomic E-state index is 13.5. The highest BCUT2D eigenvalue weighted by atomic mass is 19.3. The summed E-state index contributed by atoms with van der Waals surface area (Å²) in [5, 5.41) is 18.0. The zero-order valence-corrected chi connectivity index (χ0v) is 16.0. The first-order chi connectivity index (χ1) is 14.4. The van der Waals surface area contributed by atoms with E-state index in [1.54, 1.807) is 22.9 Å². The second kappa shape index (κ2) is 6.92. The number of alkyl halides is 2. The number of halogens is 2. The molecule has 158 valence electrons. The molecule has 0 radical (unpaired) electrons. The van der Waals surface area contributed by atoms with Gasteiger partial charge in [0, 0.05) is 30.2 Å². The van der Waals surface area contributed by atoms with Gasteiger partial charge in [-0.25, -0.2) is 18.6 Å². The molecule has 3 aromatic heterocycles. The summed E-state index contributed by atoms with van der Waals surface area (Å²) >= 11 is 0. The van der Waals surface area contributed by atoms with Crippen molar-refractivity contribution < 1.29 is 13.9 Å². The van der Waals surface area contributed by atoms with E-state index in [0.717, 1.165) is 12.8 Å². The number of nitrogens with zero attached hydrogens (tertiary/aromatic N) is 4. The van der Waals surface area contributed by atoms with E-state index in [9.17, 15) is 18.7 Å². The average Bonchev–Trinajstić information content (AvgIpc) is 3.32. The van der Waals surface area contributed by atoms with Gasteiger partial charge in [-0.2, -0.15) is 9.61 Å². The molecule has 2 aliphatic carbocycles. The Labute approximate surface area is 168 Å². The van der Waals surface area contributed by atoms with Crippen molar-refractivity contribution >= 4 is 17.5 Å². The van der Waals surface area contributed by atoms with Crippen LogP contribution >= 0.6 is 0 Å². The van der Waals surface area contributed by atoms with Crippen LogP contribution in [0.4, 0.5) is 14.6 Å². The second-order valence-corrected chi connectivity index (χ2v) is 7.96. The molecule has 0 aliphatic heterocycles. The van der Waals surface area contributed by atoms with Crippen LogP contribution < -0.4 is 21.7 Å². The van der Waals surface area contributed by atoms with Crippen molar-refractivity contribution in [1.82, 2.24) is 24.6 Å². The third-order valence-electron chi connectivity index (χ3n) is 5.45. The van der Waals surface area contributed by atoms with E-state index in [1.165, 1.54) is 0 Å². The van der Waals surface area contributed by atoms with Crippen molar-refractivity contribution in [3.05, 3.63) is 39.1 Å². The van der Waals surface area contributed by atoms with Gasteiger partial charge in [0.2, 0.25) is 11.8 Å². The normalized spacial score (nSPS) is 20.9. The summed E-state index contributed by atoms with van der Waals surface area (Å²) in [4.78, 5) is 25.5. The first-order valence-electron chi connectivity index (χ1n) is 9.96. The average molecular weight is 417 g/mol. The molecule has 2 fully saturated rings. The van der Waals surface area contributed by atoms with Gasteiger partial charge in [-0.3, -0.25) is 9.98 Å². The highest BCUT2D eigenvalue weighted by molar-refractivity contribution is 5.58. The van der Waals surface area contributed by atoms with Crippen molar-refractivity contribution in [1.29, 1.82) is 0 Å². The summed E-state index contributed by atoms with van der Waals surface area (Å²) in [7, 11) is 0. The van der Waals surface area contributed by atoms with E-state index >= 15 is 0 Å². The summed E-state index contributed by atoms with van der Waals surface area (Å²) in [6, 6.07) is 1.94. The van der Waals surface area contributed by atoms with Gasteiger partial charge in [0.05, 0.1) is 12.2 Å². The molecule has 0 atom stereocenters. The van der Waals surface area contributed by atoms with Gasteiger partial charge in [0.1, 0.15) is 11.5 Å². The Morgan fingerprint density at radius 2 is 2.03 bits per heavy atom. The van der Waals surface area contributed by atoms with Crippen molar-refractivity contribution in [3.63, 3.8) is 0 Å². The topological polar surface area (TPSA) is 123 Å². The van der Waals surface area contributed by atoms with Crippen LogP contribution in [0.15, 0.2) is 22.1 Å². The third-order valence-corrected chi connectivity index (χ3v) is 5.45. The summed E-state index contributed by atoms with van der Waals surface area (Å²) in [5.74, 6) is -2.33. The van der Waals surface area contributed by atoms with E-state index < -0.39 is 11.6 Å². The van der Waals surface area contributed by atoms with E-state index in [-0.39, 0.29) is 36.5 Å². The van der Waals surface area contributed by atoms with Gasteiger partial charge in [0.15, 0.2) is 11.1 Å². The number of aromatic hydroxyl groups is 1. The smallest absolute Gasteiger partial charge is 0.326 e. The maximum Gasteiger partial charge on any atom is 0.326 e. The number of hydrogen-bond acceptors (Lipinski definition) is 6. The Kier molecular flexibility index (Phi) is 4.33. The number of H-pyrrole nitrogens is 2. The lowest BCUT2D eigenvalue weighted by Gasteiger charge is -2.29. The molecule has 30 heavy (non-hydrogen) atoms. The molecule has 0 spiro atoms. The van der Waals surface area contributed by atoms with E-state index in [4.69, 9.17) is 4.99 Å². The number of fused-ring (bicyclic) bond motifs is 1. The molecule has 0 aromatic carbocycles. The van der Waals surface area contributed by atoms with Crippen LogP contribution in [0.25, 0.3) is 11.7 Å². The standard InChI is InChI=1S/C19H21F2N7O2/c20-19(21)5-3-12(4-6-19)23-14-8-15(24-11-1-2-11)28-16(26-14)10(9-22-28)7-13-17(29)27-18(30)25-13/h7-9,11-12,23,29H,1-6H2,(H2,25,27,30). The number of aromatic nitrogens is 5. The Balaban J connectivity index is 1.56. The number of anilines is 1. The maximum absolute atomic E-state index is 13.5. The molecule has 0 bridgehead atoms. The Morgan fingerprint density at radius 1 is 1.27 bits per heavy atom. The molecule has 9 nitrogen and oxygen atoms in total. The number of nitrogens with one attached hydrogen (secondary N) is 3. The van der Waals surface area contributed by atoms with Crippen LogP contribution in [0, 0.1) is 0 Å². The minimum Gasteiger partial charge on any atom is -0.493 e. The zero-order chi connectivity index (χ0) is 20.9. The van der Waals surface area contributed by atoms with Crippen LogP contribution in [0.3, 0.4) is 0 Å². The quantitative estimate of drug-likeness (QED) is 0.505. The number of hydrogen-bond donors (Lipinski definition) is 4. The largest absolute Gasteiger partial charge is 0.493 e. The highest BCUT2D eigenvalue weighted by Gasteiger charge is 2.35. The molecule has 0 saturated heterocycles. The monoisotopic (exact) mass is 417 g/mol. The molecule has 0 unspecified atom stereocenters.